The summed E-state index contributed by atoms with van der Waals surface area (Å²) in [6.07, 6.45) is 3.86. The predicted molar refractivity (Wildman–Crippen MR) is 68.2 cm³/mol. The summed E-state index contributed by atoms with van der Waals surface area (Å²) >= 11 is 1.75. The van der Waals surface area contributed by atoms with E-state index in [9.17, 15) is 5.11 Å². The van der Waals surface area contributed by atoms with Gasteiger partial charge in [-0.1, -0.05) is 13.8 Å². The Hall–Kier alpha value is -0.810. The van der Waals surface area contributed by atoms with Crippen LogP contribution in [0.25, 0.3) is 0 Å². The molecule has 17 heavy (non-hydrogen) atoms. The van der Waals surface area contributed by atoms with Gasteiger partial charge in [-0.25, -0.2) is 4.98 Å². The highest BCUT2D eigenvalue weighted by molar-refractivity contribution is 7.99. The van der Waals surface area contributed by atoms with Gasteiger partial charge in [0.1, 0.15) is 11.3 Å². The molecule has 4 nitrogen and oxygen atoms in total. The van der Waals surface area contributed by atoms with E-state index in [1.165, 1.54) is 0 Å². The number of aromatic nitrogens is 2. The Kier molecular flexibility index (Phi) is 3.32. The zero-order chi connectivity index (χ0) is 12.5. The maximum absolute atomic E-state index is 10.8. The van der Waals surface area contributed by atoms with E-state index in [0.717, 1.165) is 5.75 Å². The van der Waals surface area contributed by atoms with Gasteiger partial charge in [0.25, 0.3) is 0 Å². The molecule has 0 aromatic carbocycles. The lowest BCUT2D eigenvalue weighted by molar-refractivity contribution is 0.00901. The normalized spacial score (nSPS) is 27.8. The van der Waals surface area contributed by atoms with Gasteiger partial charge in [0.15, 0.2) is 0 Å². The maximum atomic E-state index is 10.8. The van der Waals surface area contributed by atoms with Gasteiger partial charge in [-0.15, -0.1) is 0 Å². The molecule has 1 saturated heterocycles. The van der Waals surface area contributed by atoms with Crippen molar-refractivity contribution in [3.8, 4) is 5.88 Å². The molecule has 2 rings (SSSR count). The first-order valence-electron chi connectivity index (χ1n) is 5.62. The summed E-state index contributed by atoms with van der Waals surface area (Å²) < 4.78 is 5.19. The molecule has 0 amide bonds. The maximum Gasteiger partial charge on any atom is 0.238 e. The van der Waals surface area contributed by atoms with Crippen LogP contribution in [0.15, 0.2) is 12.4 Å². The number of nitrogens with zero attached hydrogens (tertiary/aromatic N) is 2. The van der Waals surface area contributed by atoms with Gasteiger partial charge < -0.3 is 9.84 Å². The first-order valence-corrected chi connectivity index (χ1v) is 6.78. The quantitative estimate of drug-likeness (QED) is 0.872. The van der Waals surface area contributed by atoms with Crippen LogP contribution in [0.3, 0.4) is 0 Å². The summed E-state index contributed by atoms with van der Waals surface area (Å²) in [6, 6.07) is 0. The molecule has 2 heterocycles. The van der Waals surface area contributed by atoms with E-state index in [1.54, 1.807) is 31.3 Å². The van der Waals surface area contributed by atoms with Gasteiger partial charge in [0, 0.05) is 18.1 Å². The van der Waals surface area contributed by atoms with Crippen LogP contribution in [0.2, 0.25) is 0 Å². The van der Waals surface area contributed by atoms with Crippen LogP contribution >= 0.6 is 11.8 Å². The molecule has 0 spiro atoms. The molecule has 0 aliphatic carbocycles. The molecule has 1 N–H and O–H groups in total. The van der Waals surface area contributed by atoms with E-state index >= 15 is 0 Å². The topological polar surface area (TPSA) is 55.2 Å². The fourth-order valence-electron chi connectivity index (χ4n) is 2.34. The number of rotatable bonds is 2. The zero-order valence-corrected chi connectivity index (χ0v) is 11.3. The van der Waals surface area contributed by atoms with Crippen LogP contribution in [0.1, 0.15) is 26.0 Å². The minimum absolute atomic E-state index is 0.0974. The molecule has 0 radical (unpaired) electrons. The van der Waals surface area contributed by atoms with Gasteiger partial charge in [0.05, 0.1) is 7.11 Å². The lowest BCUT2D eigenvalue weighted by Crippen LogP contribution is -2.41. The molecule has 5 heteroatoms. The van der Waals surface area contributed by atoms with E-state index in [1.807, 2.05) is 0 Å². The summed E-state index contributed by atoms with van der Waals surface area (Å²) in [5, 5.41) is 10.8. The number of methoxy groups -OCH3 is 1. The lowest BCUT2D eigenvalue weighted by Gasteiger charge is -2.40. The number of hydrogen-bond acceptors (Lipinski definition) is 5. The Morgan fingerprint density at radius 3 is 2.65 bits per heavy atom. The molecule has 0 bridgehead atoms. The highest BCUT2D eigenvalue weighted by Gasteiger charge is 2.43. The van der Waals surface area contributed by atoms with Gasteiger partial charge in [0.2, 0.25) is 5.88 Å². The van der Waals surface area contributed by atoms with E-state index in [-0.39, 0.29) is 5.41 Å². The van der Waals surface area contributed by atoms with Crippen molar-refractivity contribution in [2.75, 3.05) is 18.6 Å². The highest BCUT2D eigenvalue weighted by atomic mass is 32.2. The summed E-state index contributed by atoms with van der Waals surface area (Å²) in [6.45, 7) is 4.32. The summed E-state index contributed by atoms with van der Waals surface area (Å²) in [4.78, 5) is 8.37. The van der Waals surface area contributed by atoms with Gasteiger partial charge in [-0.2, -0.15) is 11.8 Å². The average molecular weight is 254 g/mol. The fraction of sp³-hybridized carbons (Fsp3) is 0.667. The second kappa shape index (κ2) is 4.46. The molecule has 1 atom stereocenters. The van der Waals surface area contributed by atoms with Crippen molar-refractivity contribution in [2.45, 2.75) is 25.9 Å². The minimum Gasteiger partial charge on any atom is -0.480 e. The van der Waals surface area contributed by atoms with Crippen LogP contribution in [0, 0.1) is 5.41 Å². The molecule has 1 unspecified atom stereocenters. The second-order valence-corrected chi connectivity index (χ2v) is 6.27. The molecule has 1 aromatic rings. The van der Waals surface area contributed by atoms with Crippen LogP contribution in [-0.2, 0) is 5.60 Å². The van der Waals surface area contributed by atoms with Crippen LogP contribution < -0.4 is 4.74 Å². The van der Waals surface area contributed by atoms with Crippen LogP contribution in [0.5, 0.6) is 5.88 Å². The molecular formula is C12H18N2O2S. The van der Waals surface area contributed by atoms with E-state index in [2.05, 4.69) is 23.8 Å². The largest absolute Gasteiger partial charge is 0.480 e. The molecule has 1 aliphatic rings. The summed E-state index contributed by atoms with van der Waals surface area (Å²) in [5.74, 6) is 2.12. The van der Waals surface area contributed by atoms with Gasteiger partial charge in [-0.3, -0.25) is 4.98 Å². The third kappa shape index (κ3) is 2.55. The number of aliphatic hydroxyl groups is 1. The van der Waals surface area contributed by atoms with Crippen molar-refractivity contribution in [3.05, 3.63) is 18.1 Å². The third-order valence-corrected chi connectivity index (χ3v) is 4.57. The van der Waals surface area contributed by atoms with Crippen LogP contribution in [-0.4, -0.2) is 33.7 Å². The smallest absolute Gasteiger partial charge is 0.238 e. The van der Waals surface area contributed by atoms with Gasteiger partial charge in [-0.05, 0) is 17.6 Å². The van der Waals surface area contributed by atoms with E-state index < -0.39 is 5.60 Å². The Morgan fingerprint density at radius 1 is 1.29 bits per heavy atom. The molecule has 94 valence electrons. The molecule has 0 saturated carbocycles. The first-order chi connectivity index (χ1) is 7.97. The van der Waals surface area contributed by atoms with Gasteiger partial charge >= 0.3 is 0 Å². The van der Waals surface area contributed by atoms with Crippen LogP contribution in [0.4, 0.5) is 0 Å². The lowest BCUT2D eigenvalue weighted by atomic mass is 9.80. The average Bonchev–Trinajstić information content (AvgIpc) is 2.27. The van der Waals surface area contributed by atoms with Crippen molar-refractivity contribution in [3.63, 3.8) is 0 Å². The van der Waals surface area contributed by atoms with E-state index in [0.29, 0.717) is 23.7 Å². The minimum atomic E-state index is -0.938. The van der Waals surface area contributed by atoms with Crippen molar-refractivity contribution >= 4 is 11.8 Å². The van der Waals surface area contributed by atoms with Crippen molar-refractivity contribution in [2.24, 2.45) is 5.41 Å². The van der Waals surface area contributed by atoms with E-state index in [4.69, 9.17) is 4.74 Å². The van der Waals surface area contributed by atoms with Crippen molar-refractivity contribution < 1.29 is 9.84 Å². The van der Waals surface area contributed by atoms with Crippen molar-refractivity contribution in [1.29, 1.82) is 0 Å². The monoisotopic (exact) mass is 254 g/mol. The van der Waals surface area contributed by atoms with Crippen molar-refractivity contribution in [1.82, 2.24) is 9.97 Å². The number of ether oxygens (including phenoxy) is 1. The molecular weight excluding hydrogens is 236 g/mol. The summed E-state index contributed by atoms with van der Waals surface area (Å²) in [7, 11) is 1.55. The standard InChI is InChI=1S/C12H18N2O2S/c1-11(2)6-12(15,8-17-7-11)9-10(16-3)14-5-4-13-9/h4-5,15H,6-8H2,1-3H3. The third-order valence-electron chi connectivity index (χ3n) is 2.90. The number of hydrogen-bond donors (Lipinski definition) is 1. The molecule has 1 aliphatic heterocycles. The zero-order valence-electron chi connectivity index (χ0n) is 10.4. The number of thioether (sulfide) groups is 1. The second-order valence-electron chi connectivity index (χ2n) is 5.28. The Labute approximate surface area is 106 Å². The Balaban J connectivity index is 2.37. The highest BCUT2D eigenvalue weighted by Crippen LogP contribution is 2.45. The molecule has 1 aromatic heterocycles. The Morgan fingerprint density at radius 2 is 2.00 bits per heavy atom. The Bertz CT molecular complexity index is 411. The first kappa shape index (κ1) is 12.6. The predicted octanol–water partition coefficient (Wildman–Crippen LogP) is 1.84. The fourth-order valence-corrected chi connectivity index (χ4v) is 3.67. The summed E-state index contributed by atoms with van der Waals surface area (Å²) in [5.41, 5.74) is -0.283. The SMILES string of the molecule is COc1nccnc1C1(O)CSCC(C)(C)C1. The molecule has 1 fully saturated rings.